The predicted octanol–water partition coefficient (Wildman–Crippen LogP) is -0.621. The summed E-state index contributed by atoms with van der Waals surface area (Å²) in [5, 5.41) is 4.95. The van der Waals surface area contributed by atoms with Gasteiger partial charge in [-0.3, -0.25) is 9.59 Å². The Bertz CT molecular complexity index is 735. The highest BCUT2D eigenvalue weighted by Gasteiger charge is 2.19. The van der Waals surface area contributed by atoms with Crippen LogP contribution in [0.5, 0.6) is 11.5 Å². The molecular weight excluding hydrogens is 350 g/mol. The maximum absolute atomic E-state index is 12.2. The number of sulfonamides is 1. The van der Waals surface area contributed by atoms with Crippen LogP contribution in [0, 0.1) is 0 Å². The van der Waals surface area contributed by atoms with E-state index >= 15 is 0 Å². The Hall–Kier alpha value is -2.33. The Balaban J connectivity index is 1.83. The largest absolute Gasteiger partial charge is 0.486 e. The summed E-state index contributed by atoms with van der Waals surface area (Å²) in [4.78, 5) is 22.9. The summed E-state index contributed by atoms with van der Waals surface area (Å²) in [6.45, 7) is 2.80. The van der Waals surface area contributed by atoms with E-state index < -0.39 is 15.9 Å². The fraction of sp³-hybridized carbons (Fsp3) is 0.467. The van der Waals surface area contributed by atoms with Crippen LogP contribution in [-0.2, 0) is 19.6 Å². The summed E-state index contributed by atoms with van der Waals surface area (Å²) in [6.07, 6.45) is -0.0802. The SMILES string of the molecule is CCNC(=O)CNC(=O)CCNS(=O)(=O)c1ccc2c(c1)OCCO2. The number of fused-ring (bicyclic) bond motifs is 1. The second-order valence-electron chi connectivity index (χ2n) is 5.18. The van der Waals surface area contributed by atoms with Crippen molar-refractivity contribution in [1.82, 2.24) is 15.4 Å². The molecule has 2 amide bonds. The van der Waals surface area contributed by atoms with Gasteiger partial charge in [0.15, 0.2) is 11.5 Å². The van der Waals surface area contributed by atoms with Gasteiger partial charge in [0.2, 0.25) is 21.8 Å². The van der Waals surface area contributed by atoms with Crippen molar-refractivity contribution >= 4 is 21.8 Å². The highest BCUT2D eigenvalue weighted by Crippen LogP contribution is 2.32. The lowest BCUT2D eigenvalue weighted by Crippen LogP contribution is -2.38. The molecule has 0 saturated heterocycles. The van der Waals surface area contributed by atoms with E-state index in [2.05, 4.69) is 15.4 Å². The summed E-state index contributed by atoms with van der Waals surface area (Å²) in [5.41, 5.74) is 0. The molecule has 2 rings (SSSR count). The van der Waals surface area contributed by atoms with Crippen molar-refractivity contribution in [3.8, 4) is 11.5 Å². The molecule has 138 valence electrons. The van der Waals surface area contributed by atoms with Gasteiger partial charge < -0.3 is 20.1 Å². The fourth-order valence-corrected chi connectivity index (χ4v) is 3.15. The first-order chi connectivity index (χ1) is 11.9. The maximum Gasteiger partial charge on any atom is 0.240 e. The first kappa shape index (κ1) is 19.0. The van der Waals surface area contributed by atoms with Crippen LogP contribution in [0.4, 0.5) is 0 Å². The van der Waals surface area contributed by atoms with Gasteiger partial charge >= 0.3 is 0 Å². The Morgan fingerprint density at radius 3 is 2.52 bits per heavy atom. The van der Waals surface area contributed by atoms with Crippen LogP contribution < -0.4 is 24.8 Å². The van der Waals surface area contributed by atoms with Gasteiger partial charge in [-0.15, -0.1) is 0 Å². The summed E-state index contributed by atoms with van der Waals surface area (Å²) >= 11 is 0. The third-order valence-corrected chi connectivity index (χ3v) is 4.75. The van der Waals surface area contributed by atoms with E-state index in [1.165, 1.54) is 18.2 Å². The first-order valence-electron chi connectivity index (χ1n) is 7.85. The van der Waals surface area contributed by atoms with Crippen molar-refractivity contribution in [2.75, 3.05) is 32.8 Å². The number of carbonyl (C=O) groups excluding carboxylic acids is 2. The highest BCUT2D eigenvalue weighted by molar-refractivity contribution is 7.89. The van der Waals surface area contributed by atoms with Crippen molar-refractivity contribution < 1.29 is 27.5 Å². The van der Waals surface area contributed by atoms with Crippen molar-refractivity contribution in [2.24, 2.45) is 0 Å². The van der Waals surface area contributed by atoms with Gasteiger partial charge in [-0.25, -0.2) is 13.1 Å². The van der Waals surface area contributed by atoms with Crippen molar-refractivity contribution in [1.29, 1.82) is 0 Å². The number of hydrogen-bond acceptors (Lipinski definition) is 6. The van der Waals surface area contributed by atoms with Crippen LogP contribution in [0.3, 0.4) is 0 Å². The molecule has 25 heavy (non-hydrogen) atoms. The molecule has 1 aliphatic heterocycles. The zero-order valence-corrected chi connectivity index (χ0v) is 14.6. The Kier molecular flexibility index (Phi) is 6.59. The molecule has 3 N–H and O–H groups in total. The molecule has 0 bridgehead atoms. The average molecular weight is 371 g/mol. The van der Waals surface area contributed by atoms with Gasteiger partial charge in [0, 0.05) is 25.6 Å². The Morgan fingerprint density at radius 1 is 1.08 bits per heavy atom. The molecule has 0 aromatic heterocycles. The fourth-order valence-electron chi connectivity index (χ4n) is 2.10. The van der Waals surface area contributed by atoms with Crippen LogP contribution in [0.2, 0.25) is 0 Å². The molecule has 10 heteroatoms. The molecule has 1 aromatic carbocycles. The minimum Gasteiger partial charge on any atom is -0.486 e. The third-order valence-electron chi connectivity index (χ3n) is 3.29. The zero-order valence-electron chi connectivity index (χ0n) is 13.8. The molecule has 0 fully saturated rings. The lowest BCUT2D eigenvalue weighted by molar-refractivity contribution is -0.125. The number of rotatable bonds is 8. The second kappa shape index (κ2) is 8.67. The highest BCUT2D eigenvalue weighted by atomic mass is 32.2. The van der Waals surface area contributed by atoms with Gasteiger partial charge in [-0.2, -0.15) is 0 Å². The number of ether oxygens (including phenoxy) is 2. The van der Waals surface area contributed by atoms with Gasteiger partial charge in [0.25, 0.3) is 0 Å². The molecule has 0 unspecified atom stereocenters. The van der Waals surface area contributed by atoms with Crippen molar-refractivity contribution in [3.63, 3.8) is 0 Å². The van der Waals surface area contributed by atoms with E-state index in [0.29, 0.717) is 31.3 Å². The van der Waals surface area contributed by atoms with E-state index in [1.807, 2.05) is 0 Å². The summed E-state index contributed by atoms with van der Waals surface area (Å²) in [7, 11) is -3.77. The molecule has 0 radical (unpaired) electrons. The Morgan fingerprint density at radius 2 is 1.80 bits per heavy atom. The lowest BCUT2D eigenvalue weighted by atomic mass is 10.3. The third kappa shape index (κ3) is 5.61. The average Bonchev–Trinajstić information content (AvgIpc) is 2.59. The topological polar surface area (TPSA) is 123 Å². The van der Waals surface area contributed by atoms with E-state index in [0.717, 1.165) is 0 Å². The lowest BCUT2D eigenvalue weighted by Gasteiger charge is -2.18. The predicted molar refractivity (Wildman–Crippen MR) is 88.9 cm³/mol. The number of nitrogens with one attached hydrogen (secondary N) is 3. The molecule has 0 atom stereocenters. The van der Waals surface area contributed by atoms with Crippen LogP contribution in [0.25, 0.3) is 0 Å². The number of amides is 2. The monoisotopic (exact) mass is 371 g/mol. The van der Waals surface area contributed by atoms with Gasteiger partial charge in [-0.05, 0) is 19.1 Å². The minimum atomic E-state index is -3.77. The molecule has 0 aliphatic carbocycles. The minimum absolute atomic E-state index is 0.0273. The summed E-state index contributed by atoms with van der Waals surface area (Å²) in [5.74, 6) is 0.146. The quantitative estimate of drug-likeness (QED) is 0.560. The van der Waals surface area contributed by atoms with Crippen LogP contribution in [0.1, 0.15) is 13.3 Å². The molecule has 0 spiro atoms. The number of carbonyl (C=O) groups is 2. The molecular formula is C15H21N3O6S. The normalized spacial score (nSPS) is 13.2. The van der Waals surface area contributed by atoms with E-state index in [-0.39, 0.29) is 30.3 Å². The zero-order chi connectivity index (χ0) is 18.3. The van der Waals surface area contributed by atoms with Crippen LogP contribution >= 0.6 is 0 Å². The van der Waals surface area contributed by atoms with E-state index in [4.69, 9.17) is 9.47 Å². The van der Waals surface area contributed by atoms with E-state index in [1.54, 1.807) is 6.92 Å². The summed E-state index contributed by atoms with van der Waals surface area (Å²) < 4.78 is 37.5. The van der Waals surface area contributed by atoms with Gasteiger partial charge in [0.1, 0.15) is 13.2 Å². The first-order valence-corrected chi connectivity index (χ1v) is 9.33. The van der Waals surface area contributed by atoms with E-state index in [9.17, 15) is 18.0 Å². The smallest absolute Gasteiger partial charge is 0.240 e. The van der Waals surface area contributed by atoms with Crippen LogP contribution in [0.15, 0.2) is 23.1 Å². The van der Waals surface area contributed by atoms with Gasteiger partial charge in [0.05, 0.1) is 11.4 Å². The summed E-state index contributed by atoms with van der Waals surface area (Å²) in [6, 6.07) is 4.32. The number of benzene rings is 1. The molecule has 9 nitrogen and oxygen atoms in total. The molecule has 0 saturated carbocycles. The second-order valence-corrected chi connectivity index (χ2v) is 6.95. The van der Waals surface area contributed by atoms with Crippen molar-refractivity contribution in [3.05, 3.63) is 18.2 Å². The molecule has 1 aromatic rings. The van der Waals surface area contributed by atoms with Crippen LogP contribution in [-0.4, -0.2) is 53.1 Å². The standard InChI is InChI=1S/C15H21N3O6S/c1-2-16-15(20)10-17-14(19)5-6-18-25(21,22)11-3-4-12-13(9-11)24-8-7-23-12/h3-4,9,18H,2,5-8,10H2,1H3,(H,16,20)(H,17,19). The maximum atomic E-state index is 12.2. The Labute approximate surface area is 146 Å². The number of hydrogen-bond donors (Lipinski definition) is 3. The number of likely N-dealkylation sites (N-methyl/N-ethyl adjacent to an activating group) is 1. The van der Waals surface area contributed by atoms with Crippen molar-refractivity contribution in [2.45, 2.75) is 18.2 Å². The van der Waals surface area contributed by atoms with Gasteiger partial charge in [-0.1, -0.05) is 0 Å². The molecule has 1 aliphatic rings. The molecule has 1 heterocycles.